The Kier molecular flexibility index (Phi) is 7.52. The van der Waals surface area contributed by atoms with Crippen LogP contribution in [-0.4, -0.2) is 16.2 Å². The first-order valence-electron chi connectivity index (χ1n) is 8.95. The van der Waals surface area contributed by atoms with Crippen molar-refractivity contribution in [3.63, 3.8) is 0 Å². The van der Waals surface area contributed by atoms with Crippen LogP contribution in [0, 0.1) is 0 Å². The summed E-state index contributed by atoms with van der Waals surface area (Å²) in [7, 11) is 0. The van der Waals surface area contributed by atoms with Crippen molar-refractivity contribution < 1.29 is 9.90 Å². The van der Waals surface area contributed by atoms with Crippen molar-refractivity contribution >= 4 is 21.7 Å². The molecule has 0 radical (unpaired) electrons. The molecule has 0 bridgehead atoms. The van der Waals surface area contributed by atoms with E-state index in [0.717, 1.165) is 47.7 Å². The molecule has 24 heavy (non-hydrogen) atoms. The van der Waals surface area contributed by atoms with Crippen LogP contribution in [0.15, 0.2) is 12.1 Å². The van der Waals surface area contributed by atoms with Gasteiger partial charge in [-0.3, -0.25) is 4.79 Å². The highest BCUT2D eigenvalue weighted by Crippen LogP contribution is 2.40. The van der Waals surface area contributed by atoms with Crippen LogP contribution in [0.3, 0.4) is 0 Å². The summed E-state index contributed by atoms with van der Waals surface area (Å²) in [6.45, 7) is 12.4. The predicted octanol–water partition coefficient (Wildman–Crippen LogP) is 6.52. The van der Waals surface area contributed by atoms with Crippen LogP contribution in [0.5, 0.6) is 5.75 Å². The molecule has 0 amide bonds. The van der Waals surface area contributed by atoms with Crippen molar-refractivity contribution in [3.05, 3.63) is 28.8 Å². The molecule has 3 heteroatoms. The van der Waals surface area contributed by atoms with Gasteiger partial charge in [-0.25, -0.2) is 0 Å². The fourth-order valence-electron chi connectivity index (χ4n) is 2.82. The Morgan fingerprint density at radius 1 is 0.917 bits per heavy atom. The second kappa shape index (κ2) is 8.51. The van der Waals surface area contributed by atoms with E-state index in [4.69, 9.17) is 0 Å². The summed E-state index contributed by atoms with van der Waals surface area (Å²) in [6.07, 6.45) is 4.93. The number of alkyl halides is 1. The third kappa shape index (κ3) is 5.91. The number of carbonyl (C=O) groups is 1. The molecule has 0 aliphatic rings. The molecule has 0 heterocycles. The Morgan fingerprint density at radius 2 is 1.38 bits per heavy atom. The molecule has 0 aromatic heterocycles. The van der Waals surface area contributed by atoms with E-state index >= 15 is 0 Å². The van der Waals surface area contributed by atoms with Gasteiger partial charge >= 0.3 is 0 Å². The zero-order chi connectivity index (χ0) is 18.5. The summed E-state index contributed by atoms with van der Waals surface area (Å²) < 4.78 is 0. The SMILES string of the molecule is CC(C)(C)c1cc(C(=O)CCCCCCBr)cc(C(C)(C)C)c1O. The molecule has 1 rings (SSSR count). The van der Waals surface area contributed by atoms with Crippen LogP contribution in [-0.2, 0) is 10.8 Å². The Hall–Kier alpha value is -0.830. The number of rotatable bonds is 7. The minimum Gasteiger partial charge on any atom is -0.507 e. The van der Waals surface area contributed by atoms with Gasteiger partial charge in [0.05, 0.1) is 0 Å². The summed E-state index contributed by atoms with van der Waals surface area (Å²) in [5.41, 5.74) is 2.06. The van der Waals surface area contributed by atoms with E-state index in [-0.39, 0.29) is 16.6 Å². The average molecular weight is 397 g/mol. The van der Waals surface area contributed by atoms with E-state index in [1.807, 2.05) is 12.1 Å². The van der Waals surface area contributed by atoms with Crippen LogP contribution >= 0.6 is 15.9 Å². The van der Waals surface area contributed by atoms with Crippen molar-refractivity contribution in [1.82, 2.24) is 0 Å². The number of phenols is 1. The van der Waals surface area contributed by atoms with E-state index in [2.05, 4.69) is 57.5 Å². The second-order valence-corrected chi connectivity index (χ2v) is 9.49. The fraction of sp³-hybridized carbons (Fsp3) is 0.667. The molecule has 0 saturated carbocycles. The first-order chi connectivity index (χ1) is 11.0. The van der Waals surface area contributed by atoms with Gasteiger partial charge < -0.3 is 5.11 Å². The topological polar surface area (TPSA) is 37.3 Å². The van der Waals surface area contributed by atoms with Gasteiger partial charge in [-0.2, -0.15) is 0 Å². The third-order valence-corrected chi connectivity index (χ3v) is 4.90. The van der Waals surface area contributed by atoms with Crippen molar-refractivity contribution in [2.75, 3.05) is 5.33 Å². The molecule has 0 saturated heterocycles. The van der Waals surface area contributed by atoms with Gasteiger partial charge in [0.1, 0.15) is 5.75 Å². The van der Waals surface area contributed by atoms with Gasteiger partial charge in [0, 0.05) is 28.4 Å². The summed E-state index contributed by atoms with van der Waals surface area (Å²) in [6, 6.07) is 3.79. The number of unbranched alkanes of at least 4 members (excludes halogenated alkanes) is 3. The molecule has 0 aliphatic heterocycles. The van der Waals surface area contributed by atoms with Gasteiger partial charge in [-0.15, -0.1) is 0 Å². The number of aromatic hydroxyl groups is 1. The number of benzene rings is 1. The molecular weight excluding hydrogens is 364 g/mol. The molecule has 136 valence electrons. The Bertz CT molecular complexity index is 527. The van der Waals surface area contributed by atoms with Crippen LogP contribution in [0.4, 0.5) is 0 Å². The van der Waals surface area contributed by atoms with Crippen molar-refractivity contribution in [1.29, 1.82) is 0 Å². The lowest BCUT2D eigenvalue weighted by molar-refractivity contribution is 0.0979. The maximum Gasteiger partial charge on any atom is 0.162 e. The predicted molar refractivity (Wildman–Crippen MR) is 107 cm³/mol. The maximum absolute atomic E-state index is 12.7. The molecule has 2 nitrogen and oxygen atoms in total. The lowest BCUT2D eigenvalue weighted by Gasteiger charge is -2.28. The summed E-state index contributed by atoms with van der Waals surface area (Å²) >= 11 is 3.44. The zero-order valence-corrected chi connectivity index (χ0v) is 17.7. The zero-order valence-electron chi connectivity index (χ0n) is 16.1. The molecule has 1 N–H and O–H groups in total. The van der Waals surface area contributed by atoms with Gasteiger partial charge in [0.2, 0.25) is 0 Å². The highest BCUT2D eigenvalue weighted by Gasteiger charge is 2.27. The highest BCUT2D eigenvalue weighted by molar-refractivity contribution is 9.09. The monoisotopic (exact) mass is 396 g/mol. The molecule has 1 aromatic rings. The second-order valence-electron chi connectivity index (χ2n) is 8.70. The van der Waals surface area contributed by atoms with Gasteiger partial charge in [-0.1, -0.05) is 70.3 Å². The van der Waals surface area contributed by atoms with Crippen LogP contribution in [0.1, 0.15) is 95.1 Å². The number of phenolic OH excluding ortho intramolecular Hbond substituents is 1. The quantitative estimate of drug-likeness (QED) is 0.323. The van der Waals surface area contributed by atoms with E-state index in [1.54, 1.807) is 0 Å². The first-order valence-corrected chi connectivity index (χ1v) is 10.1. The lowest BCUT2D eigenvalue weighted by atomic mass is 9.78. The van der Waals surface area contributed by atoms with Crippen LogP contribution in [0.25, 0.3) is 0 Å². The molecule has 1 aromatic carbocycles. The summed E-state index contributed by atoms with van der Waals surface area (Å²) in [5, 5.41) is 11.8. The van der Waals surface area contributed by atoms with Gasteiger partial charge in [0.15, 0.2) is 5.78 Å². The Labute approximate surface area is 156 Å². The van der Waals surface area contributed by atoms with E-state index in [9.17, 15) is 9.90 Å². The molecular formula is C21H33BrO2. The average Bonchev–Trinajstić information content (AvgIpc) is 2.44. The van der Waals surface area contributed by atoms with Gasteiger partial charge in [0.25, 0.3) is 0 Å². The van der Waals surface area contributed by atoms with E-state index < -0.39 is 0 Å². The fourth-order valence-corrected chi connectivity index (χ4v) is 3.21. The first kappa shape index (κ1) is 21.2. The van der Waals surface area contributed by atoms with Crippen molar-refractivity contribution in [2.45, 2.75) is 84.5 Å². The van der Waals surface area contributed by atoms with Gasteiger partial charge in [-0.05, 0) is 35.8 Å². The summed E-state index contributed by atoms with van der Waals surface area (Å²) in [5.74, 6) is 0.522. The van der Waals surface area contributed by atoms with Crippen LogP contribution in [0.2, 0.25) is 0 Å². The largest absolute Gasteiger partial charge is 0.507 e. The lowest BCUT2D eigenvalue weighted by Crippen LogP contribution is -2.18. The summed E-state index contributed by atoms with van der Waals surface area (Å²) in [4.78, 5) is 12.7. The number of hydrogen-bond donors (Lipinski definition) is 1. The third-order valence-electron chi connectivity index (χ3n) is 4.34. The van der Waals surface area contributed by atoms with E-state index in [0.29, 0.717) is 12.2 Å². The molecule has 0 unspecified atom stereocenters. The Morgan fingerprint density at radius 3 is 1.79 bits per heavy atom. The normalized spacial score (nSPS) is 12.5. The molecule has 0 atom stereocenters. The van der Waals surface area contributed by atoms with Crippen molar-refractivity contribution in [2.24, 2.45) is 0 Å². The standard InChI is InChI=1S/C21H33BrO2/c1-20(2,3)16-13-15(14-17(19(16)24)21(4,5)6)18(23)11-9-7-8-10-12-22/h13-14,24H,7-12H2,1-6H3. The number of halogens is 1. The molecule has 0 fully saturated rings. The highest BCUT2D eigenvalue weighted by atomic mass is 79.9. The molecule has 0 spiro atoms. The van der Waals surface area contributed by atoms with Crippen LogP contribution < -0.4 is 0 Å². The molecule has 0 aliphatic carbocycles. The number of ketones is 1. The van der Waals surface area contributed by atoms with E-state index in [1.165, 1.54) is 0 Å². The number of hydrogen-bond acceptors (Lipinski definition) is 2. The number of carbonyl (C=O) groups excluding carboxylic acids is 1. The minimum absolute atomic E-state index is 0.185. The minimum atomic E-state index is -0.198. The maximum atomic E-state index is 12.7. The Balaban J connectivity index is 3.08. The smallest absolute Gasteiger partial charge is 0.162 e. The number of Topliss-reactive ketones (excluding diaryl/α,β-unsaturated/α-hetero) is 1. The van der Waals surface area contributed by atoms with Crippen molar-refractivity contribution in [3.8, 4) is 5.75 Å².